The van der Waals surface area contributed by atoms with E-state index in [1.165, 1.54) is 24.3 Å². The smallest absolute Gasteiger partial charge is 0.312 e. The highest BCUT2D eigenvalue weighted by Gasteiger charge is 2.16. The molecule has 0 N–H and O–H groups in total. The standard InChI is InChI=1S/C20H18ClN3O5/c1-3-23-13(2)17(11-22-23)19(25)8-7-15-5-6-16(29-15)12-28-20-9-4-14(21)10-18(20)24(26)27/h4-11H,3,12H2,1-2H3/b8-7+. The number of aryl methyl sites for hydroxylation is 1. The van der Waals surface area contributed by atoms with E-state index < -0.39 is 4.92 Å². The summed E-state index contributed by atoms with van der Waals surface area (Å²) in [6.45, 7) is 4.48. The van der Waals surface area contributed by atoms with Crippen LogP contribution in [-0.2, 0) is 13.2 Å². The molecular formula is C20H18ClN3O5. The average molecular weight is 416 g/mol. The molecule has 2 heterocycles. The van der Waals surface area contributed by atoms with Crippen LogP contribution in [0.3, 0.4) is 0 Å². The van der Waals surface area contributed by atoms with Crippen LogP contribution in [0.1, 0.15) is 34.5 Å². The predicted octanol–water partition coefficient (Wildman–Crippen LogP) is 4.84. The first-order chi connectivity index (χ1) is 13.9. The van der Waals surface area contributed by atoms with Crippen LogP contribution in [0.5, 0.6) is 5.75 Å². The van der Waals surface area contributed by atoms with Crippen LogP contribution in [0.4, 0.5) is 5.69 Å². The van der Waals surface area contributed by atoms with Gasteiger partial charge in [-0.2, -0.15) is 5.10 Å². The minimum absolute atomic E-state index is 0.00730. The zero-order chi connectivity index (χ0) is 21.0. The zero-order valence-electron chi connectivity index (χ0n) is 15.8. The SMILES string of the molecule is CCn1ncc(C(=O)/C=C/c2ccc(COc3ccc(Cl)cc3[N+](=O)[O-])o2)c1C. The maximum atomic E-state index is 12.3. The maximum absolute atomic E-state index is 12.3. The van der Waals surface area contributed by atoms with Gasteiger partial charge in [-0.05, 0) is 50.3 Å². The van der Waals surface area contributed by atoms with Gasteiger partial charge in [0, 0.05) is 23.3 Å². The molecule has 29 heavy (non-hydrogen) atoms. The number of furan rings is 1. The first-order valence-corrected chi connectivity index (χ1v) is 9.17. The molecule has 0 atom stereocenters. The number of hydrogen-bond donors (Lipinski definition) is 0. The number of halogens is 1. The highest BCUT2D eigenvalue weighted by atomic mass is 35.5. The fraction of sp³-hybridized carbons (Fsp3) is 0.200. The van der Waals surface area contributed by atoms with E-state index >= 15 is 0 Å². The van der Waals surface area contributed by atoms with Gasteiger partial charge in [0.25, 0.3) is 0 Å². The van der Waals surface area contributed by atoms with E-state index in [1.807, 2.05) is 13.8 Å². The lowest BCUT2D eigenvalue weighted by molar-refractivity contribution is -0.385. The van der Waals surface area contributed by atoms with Crippen molar-refractivity contribution in [2.45, 2.75) is 27.0 Å². The van der Waals surface area contributed by atoms with Crippen LogP contribution in [0.2, 0.25) is 5.02 Å². The Labute approximate surface area is 171 Å². The van der Waals surface area contributed by atoms with E-state index in [-0.39, 0.29) is 28.8 Å². The molecule has 0 unspecified atom stereocenters. The Hall–Kier alpha value is -3.39. The second kappa shape index (κ2) is 8.74. The van der Waals surface area contributed by atoms with E-state index in [1.54, 1.807) is 29.1 Å². The van der Waals surface area contributed by atoms with Gasteiger partial charge in [0.2, 0.25) is 0 Å². The Morgan fingerprint density at radius 3 is 2.86 bits per heavy atom. The molecule has 0 aliphatic rings. The van der Waals surface area contributed by atoms with E-state index in [9.17, 15) is 14.9 Å². The lowest BCUT2D eigenvalue weighted by Crippen LogP contribution is -2.01. The number of rotatable bonds is 8. The van der Waals surface area contributed by atoms with Gasteiger partial charge in [0.15, 0.2) is 11.5 Å². The minimum atomic E-state index is -0.564. The first-order valence-electron chi connectivity index (χ1n) is 8.79. The van der Waals surface area contributed by atoms with Crippen LogP contribution in [0, 0.1) is 17.0 Å². The van der Waals surface area contributed by atoms with Crippen molar-refractivity contribution in [3.05, 3.63) is 80.5 Å². The van der Waals surface area contributed by atoms with Crippen molar-refractivity contribution >= 4 is 29.1 Å². The van der Waals surface area contributed by atoms with E-state index in [2.05, 4.69) is 5.10 Å². The third-order valence-corrected chi connectivity index (χ3v) is 4.47. The largest absolute Gasteiger partial charge is 0.479 e. The molecule has 2 aromatic heterocycles. The summed E-state index contributed by atoms with van der Waals surface area (Å²) in [5, 5.41) is 15.5. The molecule has 0 saturated heterocycles. The molecule has 0 spiro atoms. The molecule has 0 saturated carbocycles. The number of aromatic nitrogens is 2. The number of carbonyl (C=O) groups excluding carboxylic acids is 1. The van der Waals surface area contributed by atoms with Crippen LogP contribution >= 0.6 is 11.6 Å². The van der Waals surface area contributed by atoms with Crippen molar-refractivity contribution in [1.29, 1.82) is 0 Å². The van der Waals surface area contributed by atoms with Crippen molar-refractivity contribution in [2.24, 2.45) is 0 Å². The number of hydrogen-bond acceptors (Lipinski definition) is 6. The highest BCUT2D eigenvalue weighted by molar-refractivity contribution is 6.30. The van der Waals surface area contributed by atoms with Crippen molar-refractivity contribution < 1.29 is 18.9 Å². The number of carbonyl (C=O) groups is 1. The molecule has 0 radical (unpaired) electrons. The third-order valence-electron chi connectivity index (χ3n) is 4.24. The number of nitrogens with zero attached hydrogens (tertiary/aromatic N) is 3. The highest BCUT2D eigenvalue weighted by Crippen LogP contribution is 2.30. The number of nitro benzene ring substituents is 1. The topological polar surface area (TPSA) is 100 Å². The molecule has 0 aliphatic heterocycles. The Kier molecular flexibility index (Phi) is 6.13. The van der Waals surface area contributed by atoms with Crippen LogP contribution in [0.15, 0.2) is 47.0 Å². The van der Waals surface area contributed by atoms with Crippen molar-refractivity contribution in [3.8, 4) is 5.75 Å². The molecule has 9 heteroatoms. The van der Waals surface area contributed by atoms with Gasteiger partial charge >= 0.3 is 5.69 Å². The van der Waals surface area contributed by atoms with Gasteiger partial charge in [-0.1, -0.05) is 11.6 Å². The van der Waals surface area contributed by atoms with Gasteiger partial charge in [-0.3, -0.25) is 19.6 Å². The van der Waals surface area contributed by atoms with E-state index in [0.29, 0.717) is 23.6 Å². The molecule has 0 fully saturated rings. The van der Waals surface area contributed by atoms with Gasteiger partial charge in [-0.15, -0.1) is 0 Å². The quantitative estimate of drug-likeness (QED) is 0.226. The van der Waals surface area contributed by atoms with Crippen molar-refractivity contribution in [3.63, 3.8) is 0 Å². The normalized spacial score (nSPS) is 11.1. The van der Waals surface area contributed by atoms with Gasteiger partial charge < -0.3 is 9.15 Å². The molecule has 150 valence electrons. The molecule has 1 aromatic carbocycles. The lowest BCUT2D eigenvalue weighted by atomic mass is 10.1. The molecule has 8 nitrogen and oxygen atoms in total. The first kappa shape index (κ1) is 20.3. The van der Waals surface area contributed by atoms with Gasteiger partial charge in [-0.25, -0.2) is 0 Å². The summed E-state index contributed by atoms with van der Waals surface area (Å²) in [7, 11) is 0. The fourth-order valence-corrected chi connectivity index (χ4v) is 2.89. The fourth-order valence-electron chi connectivity index (χ4n) is 2.72. The van der Waals surface area contributed by atoms with E-state index in [0.717, 1.165) is 5.69 Å². The zero-order valence-corrected chi connectivity index (χ0v) is 16.5. The molecular weight excluding hydrogens is 398 g/mol. The Morgan fingerprint density at radius 1 is 1.38 bits per heavy atom. The van der Waals surface area contributed by atoms with Crippen LogP contribution in [-0.4, -0.2) is 20.5 Å². The summed E-state index contributed by atoms with van der Waals surface area (Å²) < 4.78 is 12.8. The molecule has 0 amide bonds. The second-order valence-electron chi connectivity index (χ2n) is 6.12. The molecule has 3 aromatic rings. The molecule has 3 rings (SSSR count). The van der Waals surface area contributed by atoms with Crippen molar-refractivity contribution in [2.75, 3.05) is 0 Å². The summed E-state index contributed by atoms with van der Waals surface area (Å²) in [6, 6.07) is 7.52. The third kappa shape index (κ3) is 4.72. The Morgan fingerprint density at radius 2 is 2.17 bits per heavy atom. The second-order valence-corrected chi connectivity index (χ2v) is 6.56. The number of allylic oxidation sites excluding steroid dienone is 1. The monoisotopic (exact) mass is 415 g/mol. The van der Waals surface area contributed by atoms with Crippen LogP contribution in [0.25, 0.3) is 6.08 Å². The number of ether oxygens (including phenoxy) is 1. The predicted molar refractivity (Wildman–Crippen MR) is 107 cm³/mol. The number of benzene rings is 1. The van der Waals surface area contributed by atoms with Gasteiger partial charge in [0.1, 0.15) is 18.1 Å². The molecule has 0 aliphatic carbocycles. The number of nitro groups is 1. The van der Waals surface area contributed by atoms with E-state index in [4.69, 9.17) is 20.8 Å². The Balaban J connectivity index is 1.65. The van der Waals surface area contributed by atoms with Gasteiger partial charge in [0.05, 0.1) is 16.7 Å². The lowest BCUT2D eigenvalue weighted by Gasteiger charge is -2.05. The molecule has 0 bridgehead atoms. The Bertz CT molecular complexity index is 1080. The summed E-state index contributed by atoms with van der Waals surface area (Å²) in [4.78, 5) is 22.9. The summed E-state index contributed by atoms with van der Waals surface area (Å²) in [5.74, 6) is 0.832. The number of ketones is 1. The summed E-state index contributed by atoms with van der Waals surface area (Å²) in [6.07, 6.45) is 4.52. The van der Waals surface area contributed by atoms with Crippen LogP contribution < -0.4 is 4.74 Å². The maximum Gasteiger partial charge on any atom is 0.312 e. The van der Waals surface area contributed by atoms with Crippen molar-refractivity contribution in [1.82, 2.24) is 9.78 Å². The minimum Gasteiger partial charge on any atom is -0.479 e. The summed E-state index contributed by atoms with van der Waals surface area (Å²) >= 11 is 5.79. The average Bonchev–Trinajstić information content (AvgIpc) is 3.31. The summed E-state index contributed by atoms with van der Waals surface area (Å²) in [5.41, 5.74) is 1.12.